The van der Waals surface area contributed by atoms with Crippen LogP contribution in [0.5, 0.6) is 0 Å². The first kappa shape index (κ1) is 18.2. The van der Waals surface area contributed by atoms with Gasteiger partial charge in [0.2, 0.25) is 0 Å². The van der Waals surface area contributed by atoms with Gasteiger partial charge in [-0.1, -0.05) is 25.5 Å². The van der Waals surface area contributed by atoms with E-state index in [1.54, 1.807) is 0 Å². The summed E-state index contributed by atoms with van der Waals surface area (Å²) in [7, 11) is 0. The molecule has 2 heterocycles. The summed E-state index contributed by atoms with van der Waals surface area (Å²) < 4.78 is 9.79. The Kier molecular flexibility index (Phi) is 7.03. The fraction of sp³-hybridized carbons (Fsp3) is 0.333. The highest BCUT2D eigenvalue weighted by atomic mass is 35.5. The third kappa shape index (κ3) is 4.69. The second-order valence-electron chi connectivity index (χ2n) is 5.54. The van der Waals surface area contributed by atoms with Gasteiger partial charge < -0.3 is 27.0 Å². The van der Waals surface area contributed by atoms with Gasteiger partial charge in [-0.25, -0.2) is 4.98 Å². The van der Waals surface area contributed by atoms with Crippen molar-refractivity contribution in [1.29, 1.82) is 0 Å². The van der Waals surface area contributed by atoms with E-state index in [9.17, 15) is 0 Å². The smallest absolute Gasteiger partial charge is 0.252 e. The van der Waals surface area contributed by atoms with Gasteiger partial charge in [-0.3, -0.25) is 0 Å². The molecule has 2 aromatic heterocycles. The molecule has 24 heavy (non-hydrogen) atoms. The normalized spacial score (nSPS) is 10.5. The Morgan fingerprint density at radius 1 is 1.21 bits per heavy atom. The van der Waals surface area contributed by atoms with Crippen LogP contribution in [0.3, 0.4) is 0 Å². The average molecular weight is 347 g/mol. The lowest BCUT2D eigenvalue weighted by molar-refractivity contribution is -0.732. The van der Waals surface area contributed by atoms with E-state index in [4.69, 9.17) is 4.74 Å². The SMILES string of the molecule is CCCCOC[n+]1cccc(NCn2cnc3ccccc32)c1.[Cl-]. The number of para-hydroxylation sites is 2. The average Bonchev–Trinajstić information content (AvgIpc) is 3.01. The molecule has 0 saturated heterocycles. The van der Waals surface area contributed by atoms with Gasteiger partial charge in [-0.15, -0.1) is 0 Å². The zero-order valence-corrected chi connectivity index (χ0v) is 14.6. The summed E-state index contributed by atoms with van der Waals surface area (Å²) in [6.07, 6.45) is 8.20. The van der Waals surface area contributed by atoms with E-state index >= 15 is 0 Å². The molecular weight excluding hydrogens is 324 g/mol. The van der Waals surface area contributed by atoms with Gasteiger partial charge in [0.15, 0.2) is 12.4 Å². The number of nitrogens with zero attached hydrogens (tertiary/aromatic N) is 3. The summed E-state index contributed by atoms with van der Waals surface area (Å²) in [6, 6.07) is 12.2. The Hall–Kier alpha value is -2.11. The first-order chi connectivity index (χ1) is 11.4. The van der Waals surface area contributed by atoms with E-state index in [-0.39, 0.29) is 12.4 Å². The second kappa shape index (κ2) is 9.25. The minimum atomic E-state index is 0. The summed E-state index contributed by atoms with van der Waals surface area (Å²) in [4.78, 5) is 4.40. The Bertz CT molecular complexity index is 759. The highest BCUT2D eigenvalue weighted by Gasteiger charge is 2.04. The van der Waals surface area contributed by atoms with Gasteiger partial charge in [0.25, 0.3) is 6.73 Å². The molecule has 0 radical (unpaired) electrons. The number of fused-ring (bicyclic) bond motifs is 1. The van der Waals surface area contributed by atoms with Crippen LogP contribution in [0.1, 0.15) is 19.8 Å². The van der Waals surface area contributed by atoms with Crippen molar-refractivity contribution >= 4 is 16.7 Å². The second-order valence-corrected chi connectivity index (χ2v) is 5.54. The molecule has 6 heteroatoms. The monoisotopic (exact) mass is 346 g/mol. The largest absolute Gasteiger partial charge is 1.00 e. The number of rotatable bonds is 8. The number of pyridine rings is 1. The van der Waals surface area contributed by atoms with Crippen LogP contribution in [0, 0.1) is 0 Å². The molecule has 0 saturated carbocycles. The molecule has 3 aromatic rings. The Morgan fingerprint density at radius 3 is 2.96 bits per heavy atom. The van der Waals surface area contributed by atoms with Gasteiger partial charge in [0.1, 0.15) is 5.69 Å². The van der Waals surface area contributed by atoms with Crippen LogP contribution >= 0.6 is 0 Å². The molecule has 128 valence electrons. The zero-order valence-electron chi connectivity index (χ0n) is 13.9. The number of halogens is 1. The summed E-state index contributed by atoms with van der Waals surface area (Å²) in [5.74, 6) is 0. The van der Waals surface area contributed by atoms with Crippen molar-refractivity contribution in [2.75, 3.05) is 11.9 Å². The summed E-state index contributed by atoms with van der Waals surface area (Å²) in [6.45, 7) is 4.24. The van der Waals surface area contributed by atoms with E-state index in [0.717, 1.165) is 36.2 Å². The van der Waals surface area contributed by atoms with Crippen molar-refractivity contribution in [1.82, 2.24) is 9.55 Å². The molecule has 0 unspecified atom stereocenters. The van der Waals surface area contributed by atoms with Crippen LogP contribution in [0.15, 0.2) is 55.1 Å². The van der Waals surface area contributed by atoms with E-state index in [0.29, 0.717) is 13.4 Å². The lowest BCUT2D eigenvalue weighted by atomic mass is 10.3. The molecule has 0 fully saturated rings. The van der Waals surface area contributed by atoms with E-state index in [2.05, 4.69) is 40.1 Å². The maximum atomic E-state index is 5.64. The third-order valence-corrected chi connectivity index (χ3v) is 3.72. The predicted molar refractivity (Wildman–Crippen MR) is 90.9 cm³/mol. The molecule has 0 spiro atoms. The number of benzene rings is 1. The van der Waals surface area contributed by atoms with Crippen LogP contribution in [-0.2, 0) is 18.1 Å². The van der Waals surface area contributed by atoms with E-state index in [1.165, 1.54) is 0 Å². The number of ether oxygens (including phenoxy) is 1. The Balaban J connectivity index is 0.00000208. The maximum absolute atomic E-state index is 5.64. The standard InChI is InChI=1S/C18H23N4O.ClH/c1-2-3-11-23-15-21-10-6-7-16(12-21)19-13-22-14-20-17-8-4-5-9-18(17)22;/h4-10,12,14,19H,2-3,11,13,15H2,1H3;1H/q+1;/p-1. The first-order valence-corrected chi connectivity index (χ1v) is 8.07. The minimum Gasteiger partial charge on any atom is -1.00 e. The highest BCUT2D eigenvalue weighted by Crippen LogP contribution is 2.12. The zero-order chi connectivity index (χ0) is 15.9. The van der Waals surface area contributed by atoms with Gasteiger partial charge >= 0.3 is 0 Å². The number of hydrogen-bond acceptors (Lipinski definition) is 3. The topological polar surface area (TPSA) is 43.0 Å². The maximum Gasteiger partial charge on any atom is 0.252 e. The quantitative estimate of drug-likeness (QED) is 0.467. The molecule has 0 amide bonds. The minimum absolute atomic E-state index is 0. The summed E-state index contributed by atoms with van der Waals surface area (Å²) in [5.41, 5.74) is 3.21. The molecule has 0 aliphatic rings. The van der Waals surface area contributed by atoms with Gasteiger partial charge in [-0.05, 0) is 24.6 Å². The third-order valence-electron chi connectivity index (χ3n) is 3.72. The fourth-order valence-electron chi connectivity index (χ4n) is 2.44. The fourth-order valence-corrected chi connectivity index (χ4v) is 2.44. The number of nitrogens with one attached hydrogen (secondary N) is 1. The Labute approximate surface area is 148 Å². The predicted octanol–water partition coefficient (Wildman–Crippen LogP) is 0.172. The lowest BCUT2D eigenvalue weighted by Gasteiger charge is -2.07. The van der Waals surface area contributed by atoms with Crippen molar-refractivity contribution in [3.8, 4) is 0 Å². The van der Waals surface area contributed by atoms with Crippen molar-refractivity contribution < 1.29 is 21.7 Å². The molecule has 0 bridgehead atoms. The van der Waals surface area contributed by atoms with Gasteiger partial charge in [0.05, 0.1) is 30.6 Å². The van der Waals surface area contributed by atoms with Crippen molar-refractivity contribution in [3.05, 3.63) is 55.1 Å². The number of imidazole rings is 1. The molecule has 1 aromatic carbocycles. The van der Waals surface area contributed by atoms with Gasteiger partial charge in [0, 0.05) is 6.07 Å². The van der Waals surface area contributed by atoms with Crippen molar-refractivity contribution in [3.63, 3.8) is 0 Å². The number of unbranched alkanes of at least 4 members (excludes halogenated alkanes) is 1. The molecular formula is C18H23ClN4O. The van der Waals surface area contributed by atoms with E-state index < -0.39 is 0 Å². The van der Waals surface area contributed by atoms with E-state index in [1.807, 2.05) is 41.4 Å². The first-order valence-electron chi connectivity index (χ1n) is 8.07. The summed E-state index contributed by atoms with van der Waals surface area (Å²) >= 11 is 0. The molecule has 0 aliphatic carbocycles. The molecule has 0 atom stereocenters. The van der Waals surface area contributed by atoms with Crippen molar-refractivity contribution in [2.24, 2.45) is 0 Å². The lowest BCUT2D eigenvalue weighted by Crippen LogP contribution is -3.00. The van der Waals surface area contributed by atoms with Crippen LogP contribution < -0.4 is 22.3 Å². The number of hydrogen-bond donors (Lipinski definition) is 1. The molecule has 5 nitrogen and oxygen atoms in total. The van der Waals surface area contributed by atoms with Crippen LogP contribution in [0.2, 0.25) is 0 Å². The van der Waals surface area contributed by atoms with Crippen LogP contribution in [0.4, 0.5) is 5.69 Å². The number of anilines is 1. The van der Waals surface area contributed by atoms with Gasteiger partial charge in [-0.2, -0.15) is 4.57 Å². The van der Waals surface area contributed by atoms with Crippen LogP contribution in [-0.4, -0.2) is 16.2 Å². The summed E-state index contributed by atoms with van der Waals surface area (Å²) in [5, 5.41) is 3.43. The molecule has 0 aliphatic heterocycles. The molecule has 3 rings (SSSR count). The van der Waals surface area contributed by atoms with Crippen molar-refractivity contribution in [2.45, 2.75) is 33.2 Å². The number of aromatic nitrogens is 3. The Morgan fingerprint density at radius 2 is 2.08 bits per heavy atom. The highest BCUT2D eigenvalue weighted by molar-refractivity contribution is 5.74. The van der Waals surface area contributed by atoms with Crippen LogP contribution in [0.25, 0.3) is 11.0 Å². The molecule has 1 N–H and O–H groups in total.